The number of nitrogens with zero attached hydrogens (tertiary/aromatic N) is 3. The van der Waals surface area contributed by atoms with Crippen LogP contribution in [0, 0.1) is 6.92 Å². The lowest BCUT2D eigenvalue weighted by atomic mass is 10.1. The average molecular weight is 302 g/mol. The summed E-state index contributed by atoms with van der Waals surface area (Å²) in [5, 5.41) is 6.71. The minimum Gasteiger partial charge on any atom is -0.383 e. The number of thiazole rings is 1. The molecule has 3 rings (SSSR count). The molecule has 2 aromatic rings. The topological polar surface area (TPSA) is 41.0 Å². The van der Waals surface area contributed by atoms with Gasteiger partial charge in [-0.1, -0.05) is 0 Å². The summed E-state index contributed by atoms with van der Waals surface area (Å²) in [6.07, 6.45) is 5.41. The molecular weight excluding hydrogens is 280 g/mol. The van der Waals surface area contributed by atoms with E-state index in [1.807, 2.05) is 13.1 Å². The number of pyridine rings is 1. The highest BCUT2D eigenvalue weighted by Crippen LogP contribution is 2.29. The van der Waals surface area contributed by atoms with Crippen LogP contribution in [0.5, 0.6) is 0 Å². The van der Waals surface area contributed by atoms with Crippen LogP contribution in [0.1, 0.15) is 35.3 Å². The van der Waals surface area contributed by atoms with Crippen LogP contribution in [0.4, 0.5) is 5.69 Å². The van der Waals surface area contributed by atoms with Crippen LogP contribution in [0.3, 0.4) is 0 Å². The number of hydrogen-bond donors (Lipinski definition) is 1. The third-order valence-corrected chi connectivity index (χ3v) is 5.01. The Morgan fingerprint density at radius 1 is 1.43 bits per heavy atom. The van der Waals surface area contributed by atoms with E-state index in [4.69, 9.17) is 0 Å². The molecule has 0 amide bonds. The number of aryl methyl sites for hydroxylation is 1. The summed E-state index contributed by atoms with van der Waals surface area (Å²) in [5.41, 5.74) is 3.39. The molecule has 112 valence electrons. The number of likely N-dealkylation sites (tertiary alicyclic amines) is 1. The Labute approximate surface area is 130 Å². The quantitative estimate of drug-likeness (QED) is 0.920. The van der Waals surface area contributed by atoms with E-state index < -0.39 is 0 Å². The fourth-order valence-electron chi connectivity index (χ4n) is 2.82. The van der Waals surface area contributed by atoms with Crippen molar-refractivity contribution >= 4 is 17.0 Å². The highest BCUT2D eigenvalue weighted by molar-refractivity contribution is 7.09. The molecule has 4 nitrogen and oxygen atoms in total. The molecule has 1 saturated heterocycles. The van der Waals surface area contributed by atoms with Gasteiger partial charge in [0.2, 0.25) is 0 Å². The first-order valence-electron chi connectivity index (χ1n) is 7.53. The Kier molecular flexibility index (Phi) is 4.51. The molecule has 0 saturated carbocycles. The molecule has 0 aromatic carbocycles. The van der Waals surface area contributed by atoms with Crippen molar-refractivity contribution in [2.24, 2.45) is 0 Å². The molecule has 0 unspecified atom stereocenters. The van der Waals surface area contributed by atoms with Gasteiger partial charge in [-0.3, -0.25) is 9.88 Å². The van der Waals surface area contributed by atoms with Crippen LogP contribution in [0.25, 0.3) is 0 Å². The average Bonchev–Trinajstić information content (AvgIpc) is 3.09. The van der Waals surface area contributed by atoms with Crippen LogP contribution < -0.4 is 5.32 Å². The Bertz CT molecular complexity index is 578. The van der Waals surface area contributed by atoms with Gasteiger partial charge in [-0.2, -0.15) is 0 Å². The summed E-state index contributed by atoms with van der Waals surface area (Å²) in [4.78, 5) is 11.5. The monoisotopic (exact) mass is 302 g/mol. The Hall–Kier alpha value is -1.46. The van der Waals surface area contributed by atoms with Crippen LogP contribution >= 0.6 is 11.3 Å². The fourth-order valence-corrected chi connectivity index (χ4v) is 3.60. The smallest absolute Gasteiger partial charge is 0.0945 e. The lowest BCUT2D eigenvalue weighted by Crippen LogP contribution is -2.18. The first-order chi connectivity index (χ1) is 10.2. The van der Waals surface area contributed by atoms with Crippen molar-refractivity contribution in [1.82, 2.24) is 14.9 Å². The zero-order chi connectivity index (χ0) is 14.7. The zero-order valence-corrected chi connectivity index (χ0v) is 13.5. The van der Waals surface area contributed by atoms with Gasteiger partial charge in [0.15, 0.2) is 0 Å². The fraction of sp³-hybridized carbons (Fsp3) is 0.500. The van der Waals surface area contributed by atoms with Gasteiger partial charge in [-0.15, -0.1) is 11.3 Å². The SMILES string of the molecule is Cc1csc(CCNc2ccc([C@H]3CCCN3C)nc2)n1. The first kappa shape index (κ1) is 14.5. The van der Waals surface area contributed by atoms with Gasteiger partial charge in [-0.05, 0) is 45.5 Å². The highest BCUT2D eigenvalue weighted by Gasteiger charge is 2.23. The van der Waals surface area contributed by atoms with Gasteiger partial charge >= 0.3 is 0 Å². The second-order valence-electron chi connectivity index (χ2n) is 5.67. The number of aromatic nitrogens is 2. The maximum Gasteiger partial charge on any atom is 0.0945 e. The Balaban J connectivity index is 1.52. The second kappa shape index (κ2) is 6.54. The Morgan fingerprint density at radius 2 is 2.33 bits per heavy atom. The molecular formula is C16H22N4S. The van der Waals surface area contributed by atoms with Gasteiger partial charge in [0.05, 0.1) is 28.6 Å². The molecule has 1 aliphatic heterocycles. The summed E-state index contributed by atoms with van der Waals surface area (Å²) < 4.78 is 0. The summed E-state index contributed by atoms with van der Waals surface area (Å²) in [6.45, 7) is 4.12. The molecule has 2 aromatic heterocycles. The largest absolute Gasteiger partial charge is 0.383 e. The van der Waals surface area contributed by atoms with Crippen LogP contribution in [-0.2, 0) is 6.42 Å². The molecule has 0 bridgehead atoms. The van der Waals surface area contributed by atoms with E-state index in [2.05, 4.69) is 44.7 Å². The summed E-state index contributed by atoms with van der Waals surface area (Å²) in [7, 11) is 2.18. The van der Waals surface area contributed by atoms with Gasteiger partial charge in [0, 0.05) is 24.0 Å². The Morgan fingerprint density at radius 3 is 2.95 bits per heavy atom. The van der Waals surface area contributed by atoms with Crippen molar-refractivity contribution < 1.29 is 0 Å². The zero-order valence-electron chi connectivity index (χ0n) is 12.7. The third kappa shape index (κ3) is 3.60. The van der Waals surface area contributed by atoms with Crippen LogP contribution in [0.2, 0.25) is 0 Å². The van der Waals surface area contributed by atoms with E-state index in [0.29, 0.717) is 6.04 Å². The standard InChI is InChI=1S/C16H22N4S/c1-12-11-21-16(19-12)7-8-17-13-5-6-14(18-10-13)15-4-3-9-20(15)2/h5-6,10-11,15,17H,3-4,7-9H2,1-2H3/t15-/m1/s1. The normalized spacial score (nSPS) is 19.0. The van der Waals surface area contributed by atoms with Gasteiger partial charge < -0.3 is 5.32 Å². The van der Waals surface area contributed by atoms with E-state index >= 15 is 0 Å². The maximum absolute atomic E-state index is 4.62. The minimum absolute atomic E-state index is 0.498. The minimum atomic E-state index is 0.498. The lowest BCUT2D eigenvalue weighted by molar-refractivity contribution is 0.312. The highest BCUT2D eigenvalue weighted by atomic mass is 32.1. The molecule has 1 aliphatic rings. The molecule has 21 heavy (non-hydrogen) atoms. The van der Waals surface area contributed by atoms with E-state index in [9.17, 15) is 0 Å². The molecule has 0 spiro atoms. The van der Waals surface area contributed by atoms with Crippen molar-refractivity contribution in [2.75, 3.05) is 25.5 Å². The van der Waals surface area contributed by atoms with Gasteiger partial charge in [0.25, 0.3) is 0 Å². The van der Waals surface area contributed by atoms with Crippen molar-refractivity contribution in [3.8, 4) is 0 Å². The van der Waals surface area contributed by atoms with E-state index in [1.54, 1.807) is 11.3 Å². The molecule has 1 fully saturated rings. The third-order valence-electron chi connectivity index (χ3n) is 3.98. The summed E-state index contributed by atoms with van der Waals surface area (Å²) >= 11 is 1.73. The predicted molar refractivity (Wildman–Crippen MR) is 87.9 cm³/mol. The molecule has 0 aliphatic carbocycles. The number of rotatable bonds is 5. The van der Waals surface area contributed by atoms with Crippen LogP contribution in [-0.4, -0.2) is 35.0 Å². The second-order valence-corrected chi connectivity index (χ2v) is 6.61. The van der Waals surface area contributed by atoms with Crippen molar-refractivity contribution in [1.29, 1.82) is 0 Å². The number of hydrogen-bond acceptors (Lipinski definition) is 5. The molecule has 1 N–H and O–H groups in total. The van der Waals surface area contributed by atoms with Crippen molar-refractivity contribution in [3.05, 3.63) is 40.1 Å². The molecule has 0 radical (unpaired) electrons. The van der Waals surface area contributed by atoms with Crippen molar-refractivity contribution in [2.45, 2.75) is 32.2 Å². The predicted octanol–water partition coefficient (Wildman–Crippen LogP) is 3.27. The first-order valence-corrected chi connectivity index (χ1v) is 8.41. The summed E-state index contributed by atoms with van der Waals surface area (Å²) in [6, 6.07) is 4.79. The molecule has 1 atom stereocenters. The maximum atomic E-state index is 4.62. The molecule has 5 heteroatoms. The lowest BCUT2D eigenvalue weighted by Gasteiger charge is -2.18. The van der Waals surface area contributed by atoms with Crippen LogP contribution in [0.15, 0.2) is 23.7 Å². The number of nitrogens with one attached hydrogen (secondary N) is 1. The van der Waals surface area contributed by atoms with Crippen molar-refractivity contribution in [3.63, 3.8) is 0 Å². The summed E-state index contributed by atoms with van der Waals surface area (Å²) in [5.74, 6) is 0. The number of anilines is 1. The van der Waals surface area contributed by atoms with E-state index in [1.165, 1.54) is 30.1 Å². The van der Waals surface area contributed by atoms with Gasteiger partial charge in [0.1, 0.15) is 0 Å². The van der Waals surface area contributed by atoms with E-state index in [-0.39, 0.29) is 0 Å². The molecule has 3 heterocycles. The van der Waals surface area contributed by atoms with Gasteiger partial charge in [-0.25, -0.2) is 4.98 Å². The van der Waals surface area contributed by atoms with E-state index in [0.717, 1.165) is 24.3 Å².